The highest BCUT2D eigenvalue weighted by Gasteiger charge is 2.27. The van der Waals surface area contributed by atoms with Gasteiger partial charge in [0.2, 0.25) is 5.91 Å². The zero-order chi connectivity index (χ0) is 14.1. The van der Waals surface area contributed by atoms with E-state index in [1.165, 1.54) is 10.5 Å². The molecule has 0 saturated carbocycles. The molecule has 1 saturated heterocycles. The van der Waals surface area contributed by atoms with Gasteiger partial charge in [-0.2, -0.15) is 0 Å². The lowest BCUT2D eigenvalue weighted by Crippen LogP contribution is -2.32. The molecule has 1 aliphatic rings. The van der Waals surface area contributed by atoms with Gasteiger partial charge in [-0.3, -0.25) is 4.79 Å². The maximum Gasteiger partial charge on any atom is 0.416 e. The second-order valence-corrected chi connectivity index (χ2v) is 4.98. The molecule has 0 atom stereocenters. The van der Waals surface area contributed by atoms with Crippen LogP contribution in [0.2, 0.25) is 0 Å². The molecule has 1 fully saturated rings. The molecule has 0 N–H and O–H groups in total. The monoisotopic (exact) mass is 272 g/mol. The van der Waals surface area contributed by atoms with E-state index in [0.717, 1.165) is 10.9 Å². The lowest BCUT2D eigenvalue weighted by molar-refractivity contribution is -0.127. The average molecular weight is 272 g/mol. The van der Waals surface area contributed by atoms with Gasteiger partial charge in [0.05, 0.1) is 6.54 Å². The third kappa shape index (κ3) is 2.27. The molecule has 5 nitrogen and oxygen atoms in total. The number of imide groups is 1. The second-order valence-electron chi connectivity index (χ2n) is 4.98. The van der Waals surface area contributed by atoms with E-state index >= 15 is 0 Å². The van der Waals surface area contributed by atoms with Crippen molar-refractivity contribution in [2.24, 2.45) is 0 Å². The summed E-state index contributed by atoms with van der Waals surface area (Å²) >= 11 is 0. The molecule has 20 heavy (non-hydrogen) atoms. The topological polar surface area (TPSA) is 51.5 Å². The van der Waals surface area contributed by atoms with E-state index in [1.54, 1.807) is 0 Å². The molecule has 0 radical (unpaired) electrons. The van der Waals surface area contributed by atoms with Crippen molar-refractivity contribution in [2.45, 2.75) is 19.9 Å². The number of ether oxygens (including phenoxy) is 1. The van der Waals surface area contributed by atoms with E-state index in [1.807, 2.05) is 16.8 Å². The number of fused-ring (bicyclic) bond motifs is 1. The van der Waals surface area contributed by atoms with Crippen molar-refractivity contribution in [2.75, 3.05) is 13.2 Å². The van der Waals surface area contributed by atoms with Gasteiger partial charge in [0.1, 0.15) is 6.61 Å². The number of carbonyl (C=O) groups excluding carboxylic acids is 2. The molecule has 104 valence electrons. The molecule has 1 aromatic heterocycles. The van der Waals surface area contributed by atoms with Crippen LogP contribution in [0.4, 0.5) is 4.79 Å². The molecule has 1 aliphatic heterocycles. The summed E-state index contributed by atoms with van der Waals surface area (Å²) in [7, 11) is 0. The number of hydrogen-bond acceptors (Lipinski definition) is 3. The van der Waals surface area contributed by atoms with Crippen molar-refractivity contribution in [1.29, 1.82) is 0 Å². The van der Waals surface area contributed by atoms with Gasteiger partial charge in [-0.1, -0.05) is 11.6 Å². The molecule has 0 spiro atoms. The van der Waals surface area contributed by atoms with E-state index in [9.17, 15) is 9.59 Å². The Bertz CT molecular complexity index is 675. The molecule has 2 aromatic rings. The third-order valence-electron chi connectivity index (χ3n) is 3.55. The Morgan fingerprint density at radius 2 is 2.20 bits per heavy atom. The van der Waals surface area contributed by atoms with Crippen LogP contribution in [0.15, 0.2) is 30.5 Å². The summed E-state index contributed by atoms with van der Waals surface area (Å²) in [6.07, 6.45) is 1.75. The quantitative estimate of drug-likeness (QED) is 0.861. The first-order valence-corrected chi connectivity index (χ1v) is 6.68. The first-order valence-electron chi connectivity index (χ1n) is 6.68. The highest BCUT2D eigenvalue weighted by Crippen LogP contribution is 2.18. The van der Waals surface area contributed by atoms with Gasteiger partial charge in [0.25, 0.3) is 0 Å². The van der Waals surface area contributed by atoms with E-state index in [2.05, 4.69) is 25.1 Å². The number of rotatable bonds is 3. The summed E-state index contributed by atoms with van der Waals surface area (Å²) in [4.78, 5) is 24.4. The van der Waals surface area contributed by atoms with Crippen LogP contribution in [-0.2, 0) is 16.1 Å². The van der Waals surface area contributed by atoms with Gasteiger partial charge < -0.3 is 9.30 Å². The van der Waals surface area contributed by atoms with E-state index in [-0.39, 0.29) is 5.91 Å². The van der Waals surface area contributed by atoms with Crippen molar-refractivity contribution >= 4 is 22.9 Å². The minimum Gasteiger partial charge on any atom is -0.447 e. The van der Waals surface area contributed by atoms with Crippen LogP contribution in [-0.4, -0.2) is 34.6 Å². The first-order chi connectivity index (χ1) is 9.65. The molecular weight excluding hydrogens is 256 g/mol. The average Bonchev–Trinajstić information content (AvgIpc) is 3.02. The Kier molecular flexibility index (Phi) is 3.18. The number of nitrogens with zero attached hydrogens (tertiary/aromatic N) is 2. The Hall–Kier alpha value is -2.30. The van der Waals surface area contributed by atoms with Crippen LogP contribution in [0.1, 0.15) is 12.0 Å². The Labute approximate surface area is 116 Å². The summed E-state index contributed by atoms with van der Waals surface area (Å²) < 4.78 is 6.80. The number of carbonyl (C=O) groups is 2. The lowest BCUT2D eigenvalue weighted by atomic mass is 10.2. The van der Waals surface area contributed by atoms with Crippen LogP contribution in [0.5, 0.6) is 0 Å². The predicted molar refractivity (Wildman–Crippen MR) is 74.4 cm³/mol. The first kappa shape index (κ1) is 12.7. The SMILES string of the molecule is Cc1ccc2c(ccn2CCC(=O)N2CCOC2=O)c1. The molecule has 2 amide bonds. The minimum absolute atomic E-state index is 0.179. The van der Waals surface area contributed by atoms with Gasteiger partial charge in [0.15, 0.2) is 0 Å². The van der Waals surface area contributed by atoms with Gasteiger partial charge in [-0.05, 0) is 30.5 Å². The van der Waals surface area contributed by atoms with Gasteiger partial charge in [-0.15, -0.1) is 0 Å². The highest BCUT2D eigenvalue weighted by molar-refractivity contribution is 5.93. The molecular formula is C15H16N2O3. The fraction of sp³-hybridized carbons (Fsp3) is 0.333. The van der Waals surface area contributed by atoms with Gasteiger partial charge in [0, 0.05) is 24.7 Å². The number of amides is 2. The maximum absolute atomic E-state index is 12.0. The van der Waals surface area contributed by atoms with Crippen molar-refractivity contribution in [3.8, 4) is 0 Å². The fourth-order valence-electron chi connectivity index (χ4n) is 2.49. The van der Waals surface area contributed by atoms with Crippen molar-refractivity contribution < 1.29 is 14.3 Å². The standard InChI is InChI=1S/C15H16N2O3/c1-11-2-3-13-12(10-11)4-6-16(13)7-5-14(18)17-8-9-20-15(17)19/h2-4,6,10H,5,7-9H2,1H3. The smallest absolute Gasteiger partial charge is 0.416 e. The number of aromatic nitrogens is 1. The molecule has 2 heterocycles. The van der Waals surface area contributed by atoms with Crippen molar-refractivity contribution in [3.05, 3.63) is 36.0 Å². The summed E-state index contributed by atoms with van der Waals surface area (Å²) in [6.45, 7) is 3.29. The predicted octanol–water partition coefficient (Wildman–Crippen LogP) is 2.32. The highest BCUT2D eigenvalue weighted by atomic mass is 16.6. The summed E-state index contributed by atoms with van der Waals surface area (Å²) in [5.41, 5.74) is 2.32. The van der Waals surface area contributed by atoms with E-state index < -0.39 is 6.09 Å². The number of hydrogen-bond donors (Lipinski definition) is 0. The summed E-state index contributed by atoms with van der Waals surface area (Å²) in [6, 6.07) is 8.26. The molecule has 0 bridgehead atoms. The van der Waals surface area contributed by atoms with Crippen LogP contribution >= 0.6 is 0 Å². The second kappa shape index (κ2) is 5.00. The zero-order valence-corrected chi connectivity index (χ0v) is 11.3. The number of benzene rings is 1. The van der Waals surface area contributed by atoms with Crippen molar-refractivity contribution in [3.63, 3.8) is 0 Å². The Morgan fingerprint density at radius 3 is 2.95 bits per heavy atom. The van der Waals surface area contributed by atoms with E-state index in [4.69, 9.17) is 4.74 Å². The van der Waals surface area contributed by atoms with Crippen LogP contribution in [0.25, 0.3) is 10.9 Å². The molecule has 0 aliphatic carbocycles. The summed E-state index contributed by atoms with van der Waals surface area (Å²) in [5, 5.41) is 1.16. The normalized spacial score (nSPS) is 14.8. The molecule has 3 rings (SSSR count). The Balaban J connectivity index is 1.71. The van der Waals surface area contributed by atoms with Crippen molar-refractivity contribution in [1.82, 2.24) is 9.47 Å². The minimum atomic E-state index is -0.525. The van der Waals surface area contributed by atoms with Crippen LogP contribution in [0, 0.1) is 6.92 Å². The van der Waals surface area contributed by atoms with Crippen LogP contribution < -0.4 is 0 Å². The largest absolute Gasteiger partial charge is 0.447 e. The third-order valence-corrected chi connectivity index (χ3v) is 3.55. The van der Waals surface area contributed by atoms with Gasteiger partial charge in [-0.25, -0.2) is 9.69 Å². The van der Waals surface area contributed by atoms with Gasteiger partial charge >= 0.3 is 6.09 Å². The fourth-order valence-corrected chi connectivity index (χ4v) is 2.49. The van der Waals surface area contributed by atoms with Crippen LogP contribution in [0.3, 0.4) is 0 Å². The number of aryl methyl sites for hydroxylation is 2. The lowest BCUT2D eigenvalue weighted by Gasteiger charge is -2.11. The Morgan fingerprint density at radius 1 is 1.35 bits per heavy atom. The molecule has 0 unspecified atom stereocenters. The molecule has 5 heteroatoms. The van der Waals surface area contributed by atoms with E-state index in [0.29, 0.717) is 26.1 Å². The number of cyclic esters (lactones) is 1. The maximum atomic E-state index is 12.0. The molecule has 1 aromatic carbocycles. The summed E-state index contributed by atoms with van der Waals surface area (Å²) in [5.74, 6) is -0.179. The zero-order valence-electron chi connectivity index (χ0n) is 11.3.